The molecular weight excluding hydrogens is 1340 g/mol. The molecule has 0 aliphatic heterocycles. The molecule has 0 aromatic rings. The van der Waals surface area contributed by atoms with Crippen molar-refractivity contribution in [2.45, 2.75) is 453 Å². The lowest BCUT2D eigenvalue weighted by molar-refractivity contribution is -0.161. The number of hydrogen-bond acceptors (Lipinski definition) is 15. The summed E-state index contributed by atoms with van der Waals surface area (Å²) in [6.07, 6.45) is 60.9. The lowest BCUT2D eigenvalue weighted by atomic mass is 9.99. The summed E-state index contributed by atoms with van der Waals surface area (Å²) in [5.41, 5.74) is 0. The Morgan fingerprint density at radius 2 is 0.466 bits per heavy atom. The minimum absolute atomic E-state index is 0.106. The van der Waals surface area contributed by atoms with E-state index in [-0.39, 0.29) is 25.7 Å². The van der Waals surface area contributed by atoms with E-state index in [0.29, 0.717) is 25.7 Å². The van der Waals surface area contributed by atoms with Gasteiger partial charge in [0.05, 0.1) is 26.4 Å². The maximum atomic E-state index is 13.1. The first-order valence-electron chi connectivity index (χ1n) is 43.3. The Labute approximate surface area is 632 Å². The van der Waals surface area contributed by atoms with E-state index in [9.17, 15) is 43.2 Å². The lowest BCUT2D eigenvalue weighted by Crippen LogP contribution is -2.30. The van der Waals surface area contributed by atoms with E-state index < -0.39 is 97.5 Å². The molecule has 0 saturated heterocycles. The largest absolute Gasteiger partial charge is 0.472 e. The summed E-state index contributed by atoms with van der Waals surface area (Å²) < 4.78 is 68.8. The van der Waals surface area contributed by atoms with Crippen LogP contribution in [0.1, 0.15) is 434 Å². The molecule has 0 aromatic heterocycles. The van der Waals surface area contributed by atoms with Crippen LogP contribution in [0.4, 0.5) is 0 Å². The third-order valence-corrected chi connectivity index (χ3v) is 22.2. The second kappa shape index (κ2) is 72.9. The highest BCUT2D eigenvalue weighted by Crippen LogP contribution is 2.45. The topological polar surface area (TPSA) is 237 Å². The second-order valence-corrected chi connectivity index (χ2v) is 34.6. The number of phosphoric acid groups is 2. The summed E-state index contributed by atoms with van der Waals surface area (Å²) in [6, 6.07) is 0. The molecule has 0 saturated carbocycles. The zero-order valence-corrected chi connectivity index (χ0v) is 69.7. The van der Waals surface area contributed by atoms with Crippen molar-refractivity contribution >= 4 is 39.5 Å². The van der Waals surface area contributed by atoms with Gasteiger partial charge in [0, 0.05) is 25.7 Å². The Balaban J connectivity index is 5.26. The van der Waals surface area contributed by atoms with Crippen LogP contribution in [0.2, 0.25) is 0 Å². The molecule has 0 rings (SSSR count). The first-order chi connectivity index (χ1) is 49.7. The molecule has 0 bridgehead atoms. The van der Waals surface area contributed by atoms with Gasteiger partial charge in [0.25, 0.3) is 0 Å². The number of ether oxygens (including phenoxy) is 4. The molecule has 7 atom stereocenters. The van der Waals surface area contributed by atoms with E-state index in [4.69, 9.17) is 37.0 Å². The van der Waals surface area contributed by atoms with Crippen LogP contribution in [-0.4, -0.2) is 96.7 Å². The summed E-state index contributed by atoms with van der Waals surface area (Å²) in [7, 11) is -9.93. The van der Waals surface area contributed by atoms with Crippen LogP contribution in [0.3, 0.4) is 0 Å². The number of unbranched alkanes of at least 4 members (excludes halogenated alkanes) is 45. The van der Waals surface area contributed by atoms with Gasteiger partial charge in [-0.05, 0) is 49.4 Å². The van der Waals surface area contributed by atoms with Crippen LogP contribution >= 0.6 is 15.6 Å². The monoisotopic (exact) mass is 1510 g/mol. The summed E-state index contributed by atoms with van der Waals surface area (Å²) in [6.45, 7) is 14.4. The molecule has 0 amide bonds. The van der Waals surface area contributed by atoms with E-state index in [1.807, 2.05) is 0 Å². The van der Waals surface area contributed by atoms with Crippen molar-refractivity contribution in [2.24, 2.45) is 23.7 Å². The highest BCUT2D eigenvalue weighted by Gasteiger charge is 2.30. The molecule has 19 heteroatoms. The zero-order chi connectivity index (χ0) is 76.0. The summed E-state index contributed by atoms with van der Waals surface area (Å²) in [4.78, 5) is 73.2. The van der Waals surface area contributed by atoms with Gasteiger partial charge in [-0.15, -0.1) is 0 Å². The maximum Gasteiger partial charge on any atom is 0.472 e. The fourth-order valence-corrected chi connectivity index (χ4v) is 14.5. The molecular formula is C84H164O17P2. The Morgan fingerprint density at radius 3 is 0.689 bits per heavy atom. The fourth-order valence-electron chi connectivity index (χ4n) is 12.9. The van der Waals surface area contributed by atoms with Crippen LogP contribution in [0, 0.1) is 23.7 Å². The molecule has 0 radical (unpaired) electrons. The number of aliphatic hydroxyl groups excluding tert-OH is 1. The van der Waals surface area contributed by atoms with Gasteiger partial charge in [-0.3, -0.25) is 37.3 Å². The average Bonchev–Trinajstić information content (AvgIpc) is 0.927. The van der Waals surface area contributed by atoms with E-state index >= 15 is 0 Å². The average molecular weight is 1510 g/mol. The van der Waals surface area contributed by atoms with Crippen LogP contribution < -0.4 is 0 Å². The van der Waals surface area contributed by atoms with Gasteiger partial charge < -0.3 is 33.8 Å². The normalized spacial score (nSPS) is 14.5. The van der Waals surface area contributed by atoms with Gasteiger partial charge in [0.1, 0.15) is 19.3 Å². The number of aliphatic hydroxyl groups is 1. The van der Waals surface area contributed by atoms with Gasteiger partial charge in [-0.25, -0.2) is 9.13 Å². The number of carbonyl (C=O) groups excluding carboxylic acids is 4. The van der Waals surface area contributed by atoms with Crippen LogP contribution in [0.15, 0.2) is 0 Å². The number of carbonyl (C=O) groups is 4. The third kappa shape index (κ3) is 75.3. The number of esters is 4. The van der Waals surface area contributed by atoms with Crippen LogP contribution in [-0.2, 0) is 65.4 Å². The Kier molecular flexibility index (Phi) is 71.5. The molecule has 0 aromatic carbocycles. The predicted octanol–water partition coefficient (Wildman–Crippen LogP) is 25.2. The smallest absolute Gasteiger partial charge is 0.462 e. The molecule has 3 N–H and O–H groups in total. The Morgan fingerprint density at radius 1 is 0.272 bits per heavy atom. The van der Waals surface area contributed by atoms with Crippen molar-refractivity contribution in [1.29, 1.82) is 0 Å². The van der Waals surface area contributed by atoms with Crippen molar-refractivity contribution in [3.05, 3.63) is 0 Å². The van der Waals surface area contributed by atoms with Gasteiger partial charge >= 0.3 is 39.5 Å². The number of phosphoric ester groups is 2. The molecule has 0 heterocycles. The molecule has 0 aliphatic rings. The fraction of sp³-hybridized carbons (Fsp3) is 0.952. The highest BCUT2D eigenvalue weighted by atomic mass is 31.2. The second-order valence-electron chi connectivity index (χ2n) is 31.7. The summed E-state index contributed by atoms with van der Waals surface area (Å²) >= 11 is 0. The third-order valence-electron chi connectivity index (χ3n) is 20.3. The van der Waals surface area contributed by atoms with E-state index in [1.165, 1.54) is 238 Å². The number of hydrogen-bond donors (Lipinski definition) is 3. The lowest BCUT2D eigenvalue weighted by Gasteiger charge is -2.21. The van der Waals surface area contributed by atoms with Crippen molar-refractivity contribution in [3.63, 3.8) is 0 Å². The van der Waals surface area contributed by atoms with E-state index in [1.54, 1.807) is 0 Å². The Bertz CT molecular complexity index is 2010. The SMILES string of the molecule is CCC(C)CCCCCCCCCCCCCCCCC(=O)OC[C@H](COP(=O)(O)OC[C@@H](O)COP(=O)(O)OC[C@@H](COC(=O)CCCCCCCCCCC(C)C)OC(=O)CCCCCCCCCCCCCCCC(C)C)OC(=O)CCCCCCCCCCCCCCCCC(C)CC. The molecule has 17 nitrogen and oxygen atoms in total. The molecule has 103 heavy (non-hydrogen) atoms. The molecule has 0 spiro atoms. The minimum atomic E-state index is -4.97. The van der Waals surface area contributed by atoms with Crippen molar-refractivity contribution in [2.75, 3.05) is 39.6 Å². The highest BCUT2D eigenvalue weighted by molar-refractivity contribution is 7.47. The van der Waals surface area contributed by atoms with Crippen molar-refractivity contribution in [3.8, 4) is 0 Å². The first-order valence-corrected chi connectivity index (χ1v) is 46.3. The maximum absolute atomic E-state index is 13.1. The summed E-state index contributed by atoms with van der Waals surface area (Å²) in [5.74, 6) is 1.10. The van der Waals surface area contributed by atoms with Gasteiger partial charge in [-0.1, -0.05) is 383 Å². The molecule has 0 fully saturated rings. The van der Waals surface area contributed by atoms with Gasteiger partial charge in [-0.2, -0.15) is 0 Å². The first kappa shape index (κ1) is 101. The Hall–Kier alpha value is -1.94. The minimum Gasteiger partial charge on any atom is -0.462 e. The quantitative estimate of drug-likeness (QED) is 0.0222. The predicted molar refractivity (Wildman–Crippen MR) is 423 cm³/mol. The van der Waals surface area contributed by atoms with E-state index in [2.05, 4.69) is 55.4 Å². The zero-order valence-electron chi connectivity index (χ0n) is 68.0. The van der Waals surface area contributed by atoms with Crippen LogP contribution in [0.25, 0.3) is 0 Å². The van der Waals surface area contributed by atoms with Crippen molar-refractivity contribution < 1.29 is 80.2 Å². The van der Waals surface area contributed by atoms with Gasteiger partial charge in [0.2, 0.25) is 0 Å². The summed E-state index contributed by atoms with van der Waals surface area (Å²) in [5, 5.41) is 10.7. The van der Waals surface area contributed by atoms with Gasteiger partial charge in [0.15, 0.2) is 12.2 Å². The molecule has 612 valence electrons. The van der Waals surface area contributed by atoms with Crippen LogP contribution in [0.5, 0.6) is 0 Å². The standard InChI is InChI=1S/C84H164O17P2/c1-9-76(7)62-54-46-38-29-23-17-11-13-19-25-31-40-48-56-64-81(86)94-70-79(100-83(88)66-58-50-42-32-26-20-14-12-18-24-30-39-47-55-63-77(8)10-2)72-98-102(90,91)96-68-78(85)69-97-103(92,93)99-73-80(71-95-82(87)65-57-49-41-35-34-37-45-53-61-75(5)6)101-84(89)67-59-51-43-33-27-21-15-16-22-28-36-44-52-60-74(3)4/h74-80,85H,9-73H2,1-8H3,(H,90,91)(H,92,93)/t76?,77?,78-,79-,80-/m1/s1. The van der Waals surface area contributed by atoms with Crippen molar-refractivity contribution in [1.82, 2.24) is 0 Å². The molecule has 0 aliphatic carbocycles. The number of rotatable bonds is 81. The molecule has 4 unspecified atom stereocenters. The van der Waals surface area contributed by atoms with E-state index in [0.717, 1.165) is 114 Å².